The van der Waals surface area contributed by atoms with E-state index in [1.54, 1.807) is 0 Å². The predicted octanol–water partition coefficient (Wildman–Crippen LogP) is 4.69. The van der Waals surface area contributed by atoms with Crippen LogP contribution in [0.4, 0.5) is 5.69 Å². The first-order valence-corrected chi connectivity index (χ1v) is 9.54. The van der Waals surface area contributed by atoms with Gasteiger partial charge in [-0.25, -0.2) is 0 Å². The molecule has 0 bridgehead atoms. The minimum absolute atomic E-state index is 0.107. The zero-order valence-electron chi connectivity index (χ0n) is 15.9. The molecule has 2 atom stereocenters. The van der Waals surface area contributed by atoms with Crippen LogP contribution in [0.3, 0.4) is 0 Å². The first kappa shape index (κ1) is 17.3. The maximum absolute atomic E-state index is 13.3. The van der Waals surface area contributed by atoms with Crippen LogP contribution in [0.2, 0.25) is 0 Å². The highest BCUT2D eigenvalue weighted by molar-refractivity contribution is 5.99. The van der Waals surface area contributed by atoms with Crippen molar-refractivity contribution in [2.45, 2.75) is 57.1 Å². The number of hydrogen-bond donors (Lipinski definition) is 0. The molecule has 2 aliphatic rings. The molecule has 0 saturated carbocycles. The smallest absolute Gasteiger partial charge is 0.256 e. The van der Waals surface area contributed by atoms with Crippen molar-refractivity contribution in [3.63, 3.8) is 0 Å². The van der Waals surface area contributed by atoms with Gasteiger partial charge in [-0.15, -0.1) is 0 Å². The summed E-state index contributed by atoms with van der Waals surface area (Å²) in [5.74, 6) is 0.107. The SMILES string of the molecule is CC1(C)C[C@@](C)(c2ccccc2)c2ccccc2N1C(=O)[C@H]1CCCO1. The van der Waals surface area contributed by atoms with Crippen molar-refractivity contribution in [3.8, 4) is 0 Å². The van der Waals surface area contributed by atoms with Crippen LogP contribution >= 0.6 is 0 Å². The highest BCUT2D eigenvalue weighted by Gasteiger charge is 2.49. The number of rotatable bonds is 2. The molecule has 1 amide bonds. The minimum Gasteiger partial charge on any atom is -0.368 e. The Morgan fingerprint density at radius 2 is 1.73 bits per heavy atom. The Bertz CT molecular complexity index is 808. The summed E-state index contributed by atoms with van der Waals surface area (Å²) in [5.41, 5.74) is 3.12. The van der Waals surface area contributed by atoms with E-state index >= 15 is 0 Å². The standard InChI is InChI=1S/C23H27NO2/c1-22(2)16-23(3,17-10-5-4-6-11-17)18-12-7-8-13-19(18)24(22)21(25)20-14-9-15-26-20/h4-8,10-13,20H,9,14-16H2,1-3H3/t20-,23+/m1/s1. The van der Waals surface area contributed by atoms with E-state index < -0.39 is 0 Å². The fraction of sp³-hybridized carbons (Fsp3) is 0.435. The summed E-state index contributed by atoms with van der Waals surface area (Å²) in [6.07, 6.45) is 2.36. The van der Waals surface area contributed by atoms with Gasteiger partial charge in [-0.3, -0.25) is 4.79 Å². The molecule has 136 valence electrons. The van der Waals surface area contributed by atoms with Crippen molar-refractivity contribution >= 4 is 11.6 Å². The molecule has 0 aliphatic carbocycles. The first-order valence-electron chi connectivity index (χ1n) is 9.54. The number of carbonyl (C=O) groups is 1. The summed E-state index contributed by atoms with van der Waals surface area (Å²) in [5, 5.41) is 0. The van der Waals surface area contributed by atoms with Gasteiger partial charge in [0.2, 0.25) is 0 Å². The number of benzene rings is 2. The highest BCUT2D eigenvalue weighted by Crippen LogP contribution is 2.50. The van der Waals surface area contributed by atoms with Crippen molar-refractivity contribution in [1.82, 2.24) is 0 Å². The largest absolute Gasteiger partial charge is 0.368 e. The zero-order chi connectivity index (χ0) is 18.4. The highest BCUT2D eigenvalue weighted by atomic mass is 16.5. The number of hydrogen-bond acceptors (Lipinski definition) is 2. The lowest BCUT2D eigenvalue weighted by Gasteiger charge is -2.51. The number of para-hydroxylation sites is 1. The Morgan fingerprint density at radius 1 is 1.04 bits per heavy atom. The Balaban J connectivity index is 1.85. The molecule has 2 aromatic carbocycles. The monoisotopic (exact) mass is 349 g/mol. The van der Waals surface area contributed by atoms with Crippen LogP contribution < -0.4 is 4.90 Å². The third-order valence-electron chi connectivity index (χ3n) is 5.97. The fourth-order valence-electron chi connectivity index (χ4n) is 4.90. The van der Waals surface area contributed by atoms with E-state index in [0.29, 0.717) is 6.61 Å². The van der Waals surface area contributed by atoms with Crippen LogP contribution in [-0.2, 0) is 14.9 Å². The molecule has 0 aromatic heterocycles. The van der Waals surface area contributed by atoms with E-state index in [2.05, 4.69) is 69.3 Å². The molecular weight excluding hydrogens is 322 g/mol. The molecule has 4 rings (SSSR count). The third kappa shape index (κ3) is 2.66. The lowest BCUT2D eigenvalue weighted by atomic mass is 9.65. The minimum atomic E-state index is -0.302. The van der Waals surface area contributed by atoms with E-state index in [1.165, 1.54) is 11.1 Å². The molecule has 1 saturated heterocycles. The van der Waals surface area contributed by atoms with Crippen molar-refractivity contribution in [2.75, 3.05) is 11.5 Å². The number of nitrogens with zero attached hydrogens (tertiary/aromatic N) is 1. The van der Waals surface area contributed by atoms with E-state index in [4.69, 9.17) is 4.74 Å². The molecule has 0 N–H and O–H groups in total. The van der Waals surface area contributed by atoms with Gasteiger partial charge >= 0.3 is 0 Å². The summed E-state index contributed by atoms with van der Waals surface area (Å²) in [6.45, 7) is 7.35. The second-order valence-electron chi connectivity index (χ2n) is 8.38. The second kappa shape index (κ2) is 6.24. The van der Waals surface area contributed by atoms with Crippen LogP contribution in [0.5, 0.6) is 0 Å². The molecule has 2 aliphatic heterocycles. The van der Waals surface area contributed by atoms with Gasteiger partial charge in [0.05, 0.1) is 0 Å². The normalized spacial score (nSPS) is 27.2. The van der Waals surface area contributed by atoms with Crippen LogP contribution in [0, 0.1) is 0 Å². The molecule has 0 radical (unpaired) electrons. The van der Waals surface area contributed by atoms with Gasteiger partial charge in [0.25, 0.3) is 5.91 Å². The number of carbonyl (C=O) groups excluding carboxylic acids is 1. The maximum atomic E-state index is 13.3. The molecular formula is C23H27NO2. The molecule has 0 spiro atoms. The van der Waals surface area contributed by atoms with Crippen molar-refractivity contribution in [3.05, 3.63) is 65.7 Å². The van der Waals surface area contributed by atoms with Crippen LogP contribution in [0.15, 0.2) is 54.6 Å². The number of fused-ring (bicyclic) bond motifs is 1. The Hall–Kier alpha value is -2.13. The number of anilines is 1. The average Bonchev–Trinajstić information content (AvgIpc) is 3.16. The van der Waals surface area contributed by atoms with Gasteiger partial charge in [-0.05, 0) is 50.3 Å². The van der Waals surface area contributed by atoms with Gasteiger partial charge in [0.1, 0.15) is 6.10 Å². The molecule has 3 nitrogen and oxygen atoms in total. The topological polar surface area (TPSA) is 29.5 Å². The summed E-state index contributed by atoms with van der Waals surface area (Å²) < 4.78 is 5.72. The molecule has 2 heterocycles. The number of ether oxygens (including phenoxy) is 1. The Labute approximate surface area is 156 Å². The van der Waals surface area contributed by atoms with Crippen molar-refractivity contribution in [1.29, 1.82) is 0 Å². The van der Waals surface area contributed by atoms with Gasteiger partial charge in [-0.2, -0.15) is 0 Å². The average molecular weight is 349 g/mol. The predicted molar refractivity (Wildman–Crippen MR) is 104 cm³/mol. The Kier molecular flexibility index (Phi) is 4.15. The molecule has 2 aromatic rings. The first-order chi connectivity index (χ1) is 12.4. The lowest BCUT2D eigenvalue weighted by Crippen LogP contribution is -2.58. The second-order valence-corrected chi connectivity index (χ2v) is 8.38. The lowest BCUT2D eigenvalue weighted by molar-refractivity contribution is -0.128. The van der Waals surface area contributed by atoms with Gasteiger partial charge < -0.3 is 9.64 Å². The molecule has 1 fully saturated rings. The van der Waals surface area contributed by atoms with Gasteiger partial charge in [0.15, 0.2) is 0 Å². The van der Waals surface area contributed by atoms with E-state index in [-0.39, 0.29) is 23.0 Å². The molecule has 3 heteroatoms. The maximum Gasteiger partial charge on any atom is 0.256 e. The van der Waals surface area contributed by atoms with E-state index in [0.717, 1.165) is 24.9 Å². The molecule has 26 heavy (non-hydrogen) atoms. The summed E-state index contributed by atoms with van der Waals surface area (Å²) >= 11 is 0. The number of amides is 1. The summed E-state index contributed by atoms with van der Waals surface area (Å²) in [6, 6.07) is 19.0. The van der Waals surface area contributed by atoms with Crippen LogP contribution in [-0.4, -0.2) is 24.2 Å². The van der Waals surface area contributed by atoms with Gasteiger partial charge in [0, 0.05) is 23.2 Å². The van der Waals surface area contributed by atoms with Crippen molar-refractivity contribution < 1.29 is 9.53 Å². The summed E-state index contributed by atoms with van der Waals surface area (Å²) in [4.78, 5) is 15.3. The zero-order valence-corrected chi connectivity index (χ0v) is 15.9. The molecule has 0 unspecified atom stereocenters. The quantitative estimate of drug-likeness (QED) is 0.787. The van der Waals surface area contributed by atoms with Crippen LogP contribution in [0.25, 0.3) is 0 Å². The Morgan fingerprint density at radius 3 is 2.42 bits per heavy atom. The van der Waals surface area contributed by atoms with E-state index in [1.807, 2.05) is 11.0 Å². The third-order valence-corrected chi connectivity index (χ3v) is 5.97. The fourth-order valence-corrected chi connectivity index (χ4v) is 4.90. The van der Waals surface area contributed by atoms with Gasteiger partial charge in [-0.1, -0.05) is 55.5 Å². The van der Waals surface area contributed by atoms with Crippen molar-refractivity contribution in [2.24, 2.45) is 0 Å². The van der Waals surface area contributed by atoms with Crippen LogP contribution in [0.1, 0.15) is 51.2 Å². The van der Waals surface area contributed by atoms with E-state index in [9.17, 15) is 4.79 Å². The summed E-state index contributed by atoms with van der Waals surface area (Å²) in [7, 11) is 0.